The summed E-state index contributed by atoms with van der Waals surface area (Å²) >= 11 is 0. The molecule has 0 atom stereocenters. The highest BCUT2D eigenvalue weighted by Gasteiger charge is 2.13. The van der Waals surface area contributed by atoms with Crippen molar-refractivity contribution in [2.45, 2.75) is 6.92 Å². The zero-order chi connectivity index (χ0) is 10.1. The van der Waals surface area contributed by atoms with Crippen molar-refractivity contribution in [3.05, 3.63) is 29.6 Å². The average molecular weight is 190 g/mol. The first kappa shape index (κ1) is 8.74. The molecule has 0 unspecified atom stereocenters. The number of ether oxygens (including phenoxy) is 1. The Balaban J connectivity index is 2.73. The molecule has 1 N–H and O–H groups in total. The van der Waals surface area contributed by atoms with Crippen molar-refractivity contribution in [1.29, 1.82) is 0 Å². The standard InChI is InChI=1S/C10H10N2O2/c1-6-3-4-11-9-8(6)7(5-12-9)10(13)14-2/h3-5H,1-2H3,(H,11,12). The van der Waals surface area contributed by atoms with Crippen LogP contribution in [0.3, 0.4) is 0 Å². The van der Waals surface area contributed by atoms with Gasteiger partial charge in [0.2, 0.25) is 0 Å². The summed E-state index contributed by atoms with van der Waals surface area (Å²) in [5.41, 5.74) is 2.26. The molecule has 2 heterocycles. The molecule has 0 fully saturated rings. The van der Waals surface area contributed by atoms with Crippen molar-refractivity contribution in [2.75, 3.05) is 7.11 Å². The zero-order valence-corrected chi connectivity index (χ0v) is 8.00. The molecule has 0 aliphatic heterocycles. The molecule has 0 aliphatic carbocycles. The molecule has 14 heavy (non-hydrogen) atoms. The maximum atomic E-state index is 11.4. The molecule has 0 spiro atoms. The predicted molar refractivity (Wildman–Crippen MR) is 52.2 cm³/mol. The summed E-state index contributed by atoms with van der Waals surface area (Å²) in [5.74, 6) is -0.340. The third kappa shape index (κ3) is 1.16. The van der Waals surface area contributed by atoms with Crippen LogP contribution in [0.5, 0.6) is 0 Å². The monoisotopic (exact) mass is 190 g/mol. The van der Waals surface area contributed by atoms with E-state index in [2.05, 4.69) is 14.7 Å². The number of hydrogen-bond acceptors (Lipinski definition) is 3. The van der Waals surface area contributed by atoms with Gasteiger partial charge >= 0.3 is 5.97 Å². The number of nitrogens with one attached hydrogen (secondary N) is 1. The average Bonchev–Trinajstić information content (AvgIpc) is 2.62. The van der Waals surface area contributed by atoms with E-state index in [-0.39, 0.29) is 5.97 Å². The number of nitrogens with zero attached hydrogens (tertiary/aromatic N) is 1. The fourth-order valence-electron chi connectivity index (χ4n) is 1.49. The summed E-state index contributed by atoms with van der Waals surface area (Å²) in [5, 5.41) is 0.833. The lowest BCUT2D eigenvalue weighted by Gasteiger charge is -1.98. The molecule has 4 heteroatoms. The fourth-order valence-corrected chi connectivity index (χ4v) is 1.49. The smallest absolute Gasteiger partial charge is 0.340 e. The van der Waals surface area contributed by atoms with Crippen molar-refractivity contribution in [3.63, 3.8) is 0 Å². The third-order valence-electron chi connectivity index (χ3n) is 2.19. The van der Waals surface area contributed by atoms with Crippen LogP contribution in [-0.4, -0.2) is 23.0 Å². The van der Waals surface area contributed by atoms with E-state index in [4.69, 9.17) is 0 Å². The number of carbonyl (C=O) groups is 1. The maximum Gasteiger partial charge on any atom is 0.340 e. The van der Waals surface area contributed by atoms with Crippen molar-refractivity contribution in [1.82, 2.24) is 9.97 Å². The van der Waals surface area contributed by atoms with E-state index < -0.39 is 0 Å². The molecule has 4 nitrogen and oxygen atoms in total. The molecule has 2 aromatic heterocycles. The number of rotatable bonds is 1. The van der Waals surface area contributed by atoms with Gasteiger partial charge in [-0.25, -0.2) is 9.78 Å². The minimum absolute atomic E-state index is 0.340. The van der Waals surface area contributed by atoms with Crippen molar-refractivity contribution in [2.24, 2.45) is 0 Å². The topological polar surface area (TPSA) is 55.0 Å². The van der Waals surface area contributed by atoms with Gasteiger partial charge in [0.05, 0.1) is 12.7 Å². The van der Waals surface area contributed by atoms with Crippen LogP contribution in [0.4, 0.5) is 0 Å². The third-order valence-corrected chi connectivity index (χ3v) is 2.19. The quantitative estimate of drug-likeness (QED) is 0.696. The number of aromatic amines is 1. The molecule has 0 radical (unpaired) electrons. The number of aromatic nitrogens is 2. The van der Waals surface area contributed by atoms with E-state index in [9.17, 15) is 4.79 Å². The molecule has 72 valence electrons. The Bertz CT molecular complexity index is 488. The maximum absolute atomic E-state index is 11.4. The minimum Gasteiger partial charge on any atom is -0.465 e. The highest BCUT2D eigenvalue weighted by molar-refractivity contribution is 6.04. The number of methoxy groups -OCH3 is 1. The normalized spacial score (nSPS) is 10.4. The predicted octanol–water partition coefficient (Wildman–Crippen LogP) is 1.66. The second-order valence-electron chi connectivity index (χ2n) is 3.05. The van der Waals surface area contributed by atoms with Crippen LogP contribution >= 0.6 is 0 Å². The van der Waals surface area contributed by atoms with Gasteiger partial charge in [-0.3, -0.25) is 0 Å². The first-order valence-electron chi connectivity index (χ1n) is 4.25. The first-order chi connectivity index (χ1) is 6.74. The molecule has 0 amide bonds. The van der Waals surface area contributed by atoms with Crippen LogP contribution in [0.25, 0.3) is 11.0 Å². The Morgan fingerprint density at radius 3 is 3.07 bits per heavy atom. The molecular formula is C10H10N2O2. The molecule has 0 saturated carbocycles. The Hall–Kier alpha value is -1.84. The summed E-state index contributed by atoms with van der Waals surface area (Å²) in [6.45, 7) is 1.93. The lowest BCUT2D eigenvalue weighted by Crippen LogP contribution is -2.00. The summed E-state index contributed by atoms with van der Waals surface area (Å²) in [6.07, 6.45) is 3.33. The fraction of sp³-hybridized carbons (Fsp3) is 0.200. The number of hydrogen-bond donors (Lipinski definition) is 1. The summed E-state index contributed by atoms with van der Waals surface area (Å²) in [6, 6.07) is 1.86. The van der Waals surface area contributed by atoms with E-state index in [1.807, 2.05) is 13.0 Å². The van der Waals surface area contributed by atoms with Crippen molar-refractivity contribution < 1.29 is 9.53 Å². The lowest BCUT2D eigenvalue weighted by molar-refractivity contribution is 0.0603. The number of esters is 1. The Labute approximate surface area is 80.9 Å². The van der Waals surface area contributed by atoms with Gasteiger partial charge in [0.1, 0.15) is 5.65 Å². The Kier molecular flexibility index (Phi) is 1.96. The SMILES string of the molecule is COC(=O)c1c[nH]c2nccc(C)c12. The van der Waals surface area contributed by atoms with Gasteiger partial charge in [-0.15, -0.1) is 0 Å². The highest BCUT2D eigenvalue weighted by Crippen LogP contribution is 2.20. The Morgan fingerprint density at radius 1 is 1.57 bits per heavy atom. The minimum atomic E-state index is -0.340. The van der Waals surface area contributed by atoms with Crippen molar-refractivity contribution in [3.8, 4) is 0 Å². The van der Waals surface area contributed by atoms with Gasteiger partial charge in [-0.1, -0.05) is 0 Å². The van der Waals surface area contributed by atoms with Crippen LogP contribution < -0.4 is 0 Å². The van der Waals surface area contributed by atoms with Crippen LogP contribution in [0.15, 0.2) is 18.5 Å². The van der Waals surface area contributed by atoms with Gasteiger partial charge in [-0.2, -0.15) is 0 Å². The number of H-pyrrole nitrogens is 1. The summed E-state index contributed by atoms with van der Waals surface area (Å²) in [4.78, 5) is 18.4. The number of fused-ring (bicyclic) bond motifs is 1. The number of pyridine rings is 1. The number of carbonyl (C=O) groups excluding carboxylic acids is 1. The first-order valence-corrected chi connectivity index (χ1v) is 4.25. The molecule has 0 saturated heterocycles. The van der Waals surface area contributed by atoms with E-state index >= 15 is 0 Å². The van der Waals surface area contributed by atoms with Gasteiger partial charge in [0, 0.05) is 17.8 Å². The van der Waals surface area contributed by atoms with E-state index in [0.29, 0.717) is 11.2 Å². The second kappa shape index (κ2) is 3.14. The number of aryl methyl sites for hydroxylation is 1. The summed E-state index contributed by atoms with van der Waals surface area (Å²) < 4.78 is 4.67. The van der Waals surface area contributed by atoms with E-state index in [1.165, 1.54) is 7.11 Å². The van der Waals surface area contributed by atoms with Gasteiger partial charge < -0.3 is 9.72 Å². The van der Waals surface area contributed by atoms with Crippen LogP contribution in [0.1, 0.15) is 15.9 Å². The molecular weight excluding hydrogens is 180 g/mol. The van der Waals surface area contributed by atoms with Crippen LogP contribution in [-0.2, 0) is 4.74 Å². The second-order valence-corrected chi connectivity index (χ2v) is 3.05. The van der Waals surface area contributed by atoms with Gasteiger partial charge in [0.15, 0.2) is 0 Å². The molecule has 0 aliphatic rings. The molecule has 0 bridgehead atoms. The zero-order valence-electron chi connectivity index (χ0n) is 8.00. The van der Waals surface area contributed by atoms with Crippen LogP contribution in [0, 0.1) is 6.92 Å². The summed E-state index contributed by atoms with van der Waals surface area (Å²) in [7, 11) is 1.37. The van der Waals surface area contributed by atoms with Crippen molar-refractivity contribution >= 4 is 17.0 Å². The molecule has 0 aromatic carbocycles. The lowest BCUT2D eigenvalue weighted by atomic mass is 10.1. The Morgan fingerprint density at radius 2 is 2.36 bits per heavy atom. The van der Waals surface area contributed by atoms with Crippen LogP contribution in [0.2, 0.25) is 0 Å². The molecule has 2 aromatic rings. The van der Waals surface area contributed by atoms with Gasteiger partial charge in [-0.05, 0) is 18.6 Å². The van der Waals surface area contributed by atoms with E-state index in [0.717, 1.165) is 10.9 Å². The van der Waals surface area contributed by atoms with E-state index in [1.54, 1.807) is 12.4 Å². The largest absolute Gasteiger partial charge is 0.465 e. The highest BCUT2D eigenvalue weighted by atomic mass is 16.5. The van der Waals surface area contributed by atoms with Gasteiger partial charge in [0.25, 0.3) is 0 Å². The molecule has 2 rings (SSSR count).